The quantitative estimate of drug-likeness (QED) is 0.301. The number of nitrogens with zero attached hydrogens (tertiary/aromatic N) is 2. The van der Waals surface area contributed by atoms with Crippen LogP contribution in [0.4, 0.5) is 5.69 Å². The van der Waals surface area contributed by atoms with Crippen LogP contribution in [0.15, 0.2) is 71.8 Å². The van der Waals surface area contributed by atoms with Gasteiger partial charge in [0.25, 0.3) is 5.91 Å². The molecule has 0 aromatic heterocycles. The highest BCUT2D eigenvalue weighted by Gasteiger charge is 2.23. The van der Waals surface area contributed by atoms with Gasteiger partial charge in [0.2, 0.25) is 10.0 Å². The molecule has 0 saturated carbocycles. The van der Waals surface area contributed by atoms with Crippen LogP contribution < -0.4 is 14.5 Å². The molecular weight excluding hydrogens is 521 g/mol. The number of anilines is 1. The zero-order chi connectivity index (χ0) is 24.7. The number of carbonyl (C=O) groups excluding carboxylic acids is 1. The highest BCUT2D eigenvalue weighted by Crippen LogP contribution is 2.33. The van der Waals surface area contributed by atoms with Crippen molar-refractivity contribution in [1.82, 2.24) is 5.43 Å². The number of hydrogen-bond donors (Lipinski definition) is 1. The lowest BCUT2D eigenvalue weighted by atomic mass is 10.2. The Kier molecular flexibility index (Phi) is 8.79. The lowest BCUT2D eigenvalue weighted by Crippen LogP contribution is -2.39. The van der Waals surface area contributed by atoms with Crippen molar-refractivity contribution in [2.45, 2.75) is 6.61 Å². The third-order valence-corrected chi connectivity index (χ3v) is 6.83. The fourth-order valence-corrected chi connectivity index (χ4v) is 4.34. The number of amides is 1. The molecular formula is C23H20Cl3N3O4S. The molecule has 3 aromatic rings. The number of rotatable bonds is 9. The van der Waals surface area contributed by atoms with Crippen LogP contribution in [0, 0.1) is 0 Å². The van der Waals surface area contributed by atoms with Gasteiger partial charge in [0.05, 0.1) is 28.2 Å². The van der Waals surface area contributed by atoms with Crippen LogP contribution in [0.3, 0.4) is 0 Å². The summed E-state index contributed by atoms with van der Waals surface area (Å²) < 4.78 is 31.0. The minimum absolute atomic E-state index is 0.0303. The summed E-state index contributed by atoms with van der Waals surface area (Å²) in [7, 11) is -3.81. The maximum Gasteiger partial charge on any atom is 0.260 e. The number of halogens is 3. The van der Waals surface area contributed by atoms with Gasteiger partial charge in [-0.1, -0.05) is 59.1 Å². The molecule has 0 fully saturated rings. The van der Waals surface area contributed by atoms with E-state index in [1.165, 1.54) is 18.3 Å². The average molecular weight is 541 g/mol. The topological polar surface area (TPSA) is 88.1 Å². The van der Waals surface area contributed by atoms with E-state index in [9.17, 15) is 13.2 Å². The molecule has 1 amide bonds. The van der Waals surface area contributed by atoms with Gasteiger partial charge < -0.3 is 4.74 Å². The van der Waals surface area contributed by atoms with E-state index in [1.54, 1.807) is 36.4 Å². The summed E-state index contributed by atoms with van der Waals surface area (Å²) in [6, 6.07) is 19.0. The molecule has 0 bridgehead atoms. The fraction of sp³-hybridized carbons (Fsp3) is 0.130. The van der Waals surface area contributed by atoms with E-state index in [0.717, 1.165) is 16.1 Å². The Morgan fingerprint density at radius 2 is 1.68 bits per heavy atom. The zero-order valence-corrected chi connectivity index (χ0v) is 21.0. The normalized spacial score (nSPS) is 11.4. The summed E-state index contributed by atoms with van der Waals surface area (Å²) in [5.41, 5.74) is 3.98. The summed E-state index contributed by atoms with van der Waals surface area (Å²) in [5, 5.41) is 4.72. The summed E-state index contributed by atoms with van der Waals surface area (Å²) in [5.74, 6) is -0.0132. The molecule has 0 heterocycles. The molecule has 0 aliphatic carbocycles. The third-order valence-electron chi connectivity index (χ3n) is 4.52. The predicted molar refractivity (Wildman–Crippen MR) is 137 cm³/mol. The van der Waals surface area contributed by atoms with Crippen molar-refractivity contribution in [3.63, 3.8) is 0 Å². The SMILES string of the molecule is CS(=O)(=O)N(CC(=O)N/N=C\c1ccc(OCc2ccccc2Cl)cc1)c1cccc(Cl)c1Cl. The van der Waals surface area contributed by atoms with Gasteiger partial charge >= 0.3 is 0 Å². The number of sulfonamides is 1. The number of nitrogens with one attached hydrogen (secondary N) is 1. The molecule has 178 valence electrons. The standard InChI is InChI=1S/C23H20Cl3N3O4S/c1-34(31,32)29(21-8-4-7-20(25)23(21)26)14-22(30)28-27-13-16-9-11-18(12-10-16)33-15-17-5-2-3-6-19(17)24/h2-13H,14-15H2,1H3,(H,28,30)/b27-13-. The number of ether oxygens (including phenoxy) is 1. The highest BCUT2D eigenvalue weighted by molar-refractivity contribution is 7.92. The van der Waals surface area contributed by atoms with Gasteiger partial charge in [0, 0.05) is 10.6 Å². The number of benzene rings is 3. The first-order chi connectivity index (χ1) is 16.1. The predicted octanol–water partition coefficient (Wildman–Crippen LogP) is 5.14. The first-order valence-corrected chi connectivity index (χ1v) is 12.8. The maximum atomic E-state index is 12.3. The Labute approximate surface area is 212 Å². The first-order valence-electron chi connectivity index (χ1n) is 9.85. The first kappa shape index (κ1) is 25.8. The average Bonchev–Trinajstić information content (AvgIpc) is 2.79. The Morgan fingerprint density at radius 3 is 2.35 bits per heavy atom. The fourth-order valence-electron chi connectivity index (χ4n) is 2.84. The molecule has 0 atom stereocenters. The van der Waals surface area contributed by atoms with Crippen molar-refractivity contribution in [2.75, 3.05) is 17.1 Å². The van der Waals surface area contributed by atoms with E-state index in [1.807, 2.05) is 18.2 Å². The smallest absolute Gasteiger partial charge is 0.260 e. The van der Waals surface area contributed by atoms with Gasteiger partial charge in [-0.25, -0.2) is 13.8 Å². The van der Waals surface area contributed by atoms with Crippen molar-refractivity contribution in [2.24, 2.45) is 5.10 Å². The molecule has 3 rings (SSSR count). The summed E-state index contributed by atoms with van der Waals surface area (Å²) in [6.07, 6.45) is 2.39. The Morgan fingerprint density at radius 1 is 1.00 bits per heavy atom. The number of carbonyl (C=O) groups is 1. The van der Waals surface area contributed by atoms with Gasteiger partial charge in [0.1, 0.15) is 18.9 Å². The minimum Gasteiger partial charge on any atom is -0.489 e. The van der Waals surface area contributed by atoms with Crippen LogP contribution in [0.1, 0.15) is 11.1 Å². The van der Waals surface area contributed by atoms with Crippen LogP contribution >= 0.6 is 34.8 Å². The van der Waals surface area contributed by atoms with Crippen molar-refractivity contribution in [3.8, 4) is 5.75 Å². The van der Waals surface area contributed by atoms with Gasteiger partial charge in [-0.3, -0.25) is 9.10 Å². The van der Waals surface area contributed by atoms with Crippen molar-refractivity contribution >= 4 is 62.6 Å². The molecule has 11 heteroatoms. The van der Waals surface area contributed by atoms with Crippen LogP contribution in [-0.4, -0.2) is 33.3 Å². The monoisotopic (exact) mass is 539 g/mol. The second-order valence-corrected chi connectivity index (χ2v) is 10.2. The van der Waals surface area contributed by atoms with Crippen molar-refractivity contribution in [1.29, 1.82) is 0 Å². The van der Waals surface area contributed by atoms with Crippen LogP contribution in [0.2, 0.25) is 15.1 Å². The molecule has 0 aliphatic rings. The van der Waals surface area contributed by atoms with Crippen LogP contribution in [0.5, 0.6) is 5.75 Å². The molecule has 0 spiro atoms. The molecule has 0 radical (unpaired) electrons. The van der Waals surface area contributed by atoms with Crippen molar-refractivity contribution < 1.29 is 17.9 Å². The second kappa shape index (κ2) is 11.6. The lowest BCUT2D eigenvalue weighted by Gasteiger charge is -2.22. The van der Waals surface area contributed by atoms with E-state index in [2.05, 4.69) is 10.5 Å². The largest absolute Gasteiger partial charge is 0.489 e. The molecule has 7 nitrogen and oxygen atoms in total. The molecule has 1 N–H and O–H groups in total. The van der Waals surface area contributed by atoms with Crippen LogP contribution in [-0.2, 0) is 21.4 Å². The highest BCUT2D eigenvalue weighted by atomic mass is 35.5. The van der Waals surface area contributed by atoms with Gasteiger partial charge in [0.15, 0.2) is 0 Å². The molecule has 0 saturated heterocycles. The molecule has 34 heavy (non-hydrogen) atoms. The second-order valence-electron chi connectivity index (χ2n) is 7.08. The molecule has 0 unspecified atom stereocenters. The summed E-state index contributed by atoms with van der Waals surface area (Å²) >= 11 is 18.2. The zero-order valence-electron chi connectivity index (χ0n) is 17.9. The molecule has 0 aliphatic heterocycles. The van der Waals surface area contributed by atoms with E-state index in [-0.39, 0.29) is 15.7 Å². The van der Waals surface area contributed by atoms with Gasteiger partial charge in [-0.2, -0.15) is 5.10 Å². The molecule has 3 aromatic carbocycles. The van der Waals surface area contributed by atoms with Crippen LogP contribution in [0.25, 0.3) is 0 Å². The maximum absolute atomic E-state index is 12.3. The van der Waals surface area contributed by atoms with E-state index < -0.39 is 22.5 Å². The van der Waals surface area contributed by atoms with E-state index >= 15 is 0 Å². The lowest BCUT2D eigenvalue weighted by molar-refractivity contribution is -0.119. The van der Waals surface area contributed by atoms with E-state index in [0.29, 0.717) is 22.9 Å². The van der Waals surface area contributed by atoms with Gasteiger partial charge in [-0.15, -0.1) is 0 Å². The Hall–Kier alpha value is -2.78. The third kappa shape index (κ3) is 7.11. The van der Waals surface area contributed by atoms with Gasteiger partial charge in [-0.05, 0) is 48.0 Å². The number of hydrazone groups is 1. The minimum atomic E-state index is -3.81. The Bertz CT molecular complexity index is 1300. The summed E-state index contributed by atoms with van der Waals surface area (Å²) in [6.45, 7) is -0.193. The summed E-state index contributed by atoms with van der Waals surface area (Å²) in [4.78, 5) is 12.3. The van der Waals surface area contributed by atoms with Crippen molar-refractivity contribution in [3.05, 3.63) is 92.9 Å². The van der Waals surface area contributed by atoms with E-state index in [4.69, 9.17) is 39.5 Å². The Balaban J connectivity index is 1.58. The number of hydrogen-bond acceptors (Lipinski definition) is 5.